The molecule has 33 heavy (non-hydrogen) atoms. The lowest BCUT2D eigenvalue weighted by Crippen LogP contribution is -2.14. The Morgan fingerprint density at radius 3 is 2.61 bits per heavy atom. The van der Waals surface area contributed by atoms with Crippen molar-refractivity contribution >= 4 is 51.9 Å². The summed E-state index contributed by atoms with van der Waals surface area (Å²) in [5, 5.41) is 12.9. The Balaban J connectivity index is 1.86. The molecule has 3 rings (SSSR count). The molecule has 0 saturated heterocycles. The van der Waals surface area contributed by atoms with E-state index in [1.807, 2.05) is 49.4 Å². The van der Waals surface area contributed by atoms with Crippen molar-refractivity contribution in [3.05, 3.63) is 91.5 Å². The number of rotatable bonds is 8. The molecule has 5 nitrogen and oxygen atoms in total. The van der Waals surface area contributed by atoms with Crippen LogP contribution >= 0.6 is 34.2 Å². The standard InChI is InChI=1S/C26H22ClIN2O3/c1-3-32-24-14-19(13-22(28)25(24)33-16-18-8-5-4-6-9-18)12-20(15-29)26(31)30-23-11-7-10-21(27)17(23)2/h4-14H,3,16H2,1-2H3,(H,30,31)/b20-12+. The van der Waals surface area contributed by atoms with Gasteiger partial charge in [0.1, 0.15) is 18.2 Å². The maximum atomic E-state index is 12.7. The molecule has 0 saturated carbocycles. The van der Waals surface area contributed by atoms with E-state index < -0.39 is 5.91 Å². The minimum Gasteiger partial charge on any atom is -0.490 e. The third-order valence-corrected chi connectivity index (χ3v) is 5.96. The highest BCUT2D eigenvalue weighted by molar-refractivity contribution is 14.1. The summed E-state index contributed by atoms with van der Waals surface area (Å²) in [6, 6.07) is 20.7. The summed E-state index contributed by atoms with van der Waals surface area (Å²) in [5.74, 6) is 0.658. The zero-order valence-electron chi connectivity index (χ0n) is 18.2. The van der Waals surface area contributed by atoms with Crippen LogP contribution in [-0.2, 0) is 11.4 Å². The zero-order valence-corrected chi connectivity index (χ0v) is 21.1. The number of nitrogens with zero attached hydrogens (tertiary/aromatic N) is 1. The zero-order chi connectivity index (χ0) is 23.8. The average molecular weight is 573 g/mol. The second-order valence-corrected chi connectivity index (χ2v) is 8.64. The van der Waals surface area contributed by atoms with Crippen molar-refractivity contribution in [1.82, 2.24) is 0 Å². The van der Waals surface area contributed by atoms with E-state index in [-0.39, 0.29) is 5.57 Å². The molecule has 7 heteroatoms. The van der Waals surface area contributed by atoms with Crippen LogP contribution in [0.25, 0.3) is 6.08 Å². The predicted octanol–water partition coefficient (Wildman–Crippen LogP) is 6.78. The number of nitrogens with one attached hydrogen (secondary N) is 1. The van der Waals surface area contributed by atoms with Gasteiger partial charge in [-0.3, -0.25) is 4.79 Å². The van der Waals surface area contributed by atoms with Gasteiger partial charge in [0.2, 0.25) is 0 Å². The van der Waals surface area contributed by atoms with Gasteiger partial charge in [-0.25, -0.2) is 0 Å². The molecular weight excluding hydrogens is 551 g/mol. The van der Waals surface area contributed by atoms with Gasteiger partial charge in [-0.15, -0.1) is 0 Å². The molecule has 1 amide bonds. The van der Waals surface area contributed by atoms with Gasteiger partial charge in [0, 0.05) is 10.7 Å². The van der Waals surface area contributed by atoms with E-state index in [1.165, 1.54) is 6.08 Å². The summed E-state index contributed by atoms with van der Waals surface area (Å²) in [6.07, 6.45) is 1.53. The van der Waals surface area contributed by atoms with Crippen LogP contribution in [0, 0.1) is 21.8 Å². The summed E-state index contributed by atoms with van der Waals surface area (Å²) in [4.78, 5) is 12.7. The van der Waals surface area contributed by atoms with Gasteiger partial charge >= 0.3 is 0 Å². The molecule has 1 N–H and O–H groups in total. The van der Waals surface area contributed by atoms with Gasteiger partial charge in [-0.05, 0) is 83.5 Å². The van der Waals surface area contributed by atoms with Gasteiger partial charge in [0.15, 0.2) is 11.5 Å². The van der Waals surface area contributed by atoms with Crippen LogP contribution in [-0.4, -0.2) is 12.5 Å². The van der Waals surface area contributed by atoms with Gasteiger partial charge < -0.3 is 14.8 Å². The molecule has 0 fully saturated rings. The molecule has 0 aliphatic heterocycles. The highest BCUT2D eigenvalue weighted by atomic mass is 127. The van der Waals surface area contributed by atoms with E-state index in [1.54, 1.807) is 31.2 Å². The Bertz CT molecular complexity index is 1220. The normalized spacial score (nSPS) is 10.9. The molecule has 0 spiro atoms. The molecule has 0 radical (unpaired) electrons. The fraction of sp³-hybridized carbons (Fsp3) is 0.154. The first-order valence-electron chi connectivity index (χ1n) is 10.2. The van der Waals surface area contributed by atoms with Crippen molar-refractivity contribution in [3.63, 3.8) is 0 Å². The number of anilines is 1. The quantitative estimate of drug-likeness (QED) is 0.184. The first-order valence-corrected chi connectivity index (χ1v) is 11.7. The lowest BCUT2D eigenvalue weighted by atomic mass is 10.1. The van der Waals surface area contributed by atoms with Gasteiger partial charge in [-0.2, -0.15) is 5.26 Å². The van der Waals surface area contributed by atoms with E-state index in [4.69, 9.17) is 21.1 Å². The van der Waals surface area contributed by atoms with E-state index in [0.29, 0.717) is 41.0 Å². The molecule has 0 heterocycles. The van der Waals surface area contributed by atoms with E-state index >= 15 is 0 Å². The fourth-order valence-electron chi connectivity index (χ4n) is 3.05. The number of hydrogen-bond donors (Lipinski definition) is 1. The minimum absolute atomic E-state index is 0.0365. The lowest BCUT2D eigenvalue weighted by molar-refractivity contribution is -0.112. The van der Waals surface area contributed by atoms with Crippen molar-refractivity contribution < 1.29 is 14.3 Å². The van der Waals surface area contributed by atoms with Crippen molar-refractivity contribution in [2.75, 3.05) is 11.9 Å². The summed E-state index contributed by atoms with van der Waals surface area (Å²) >= 11 is 8.29. The molecule has 0 aliphatic rings. The van der Waals surface area contributed by atoms with Crippen LogP contribution in [0.15, 0.2) is 66.2 Å². The smallest absolute Gasteiger partial charge is 0.266 e. The summed E-state index contributed by atoms with van der Waals surface area (Å²) in [5.41, 5.74) is 2.95. The van der Waals surface area contributed by atoms with E-state index in [0.717, 1.165) is 14.7 Å². The number of benzene rings is 3. The third kappa shape index (κ3) is 6.50. The second-order valence-electron chi connectivity index (χ2n) is 7.07. The van der Waals surface area contributed by atoms with Crippen molar-refractivity contribution in [3.8, 4) is 17.6 Å². The van der Waals surface area contributed by atoms with Crippen molar-refractivity contribution in [1.29, 1.82) is 5.26 Å². The summed E-state index contributed by atoms with van der Waals surface area (Å²) < 4.78 is 12.6. The Hall–Kier alpha value is -3.02. The minimum atomic E-state index is -0.514. The summed E-state index contributed by atoms with van der Waals surface area (Å²) in [7, 11) is 0. The SMILES string of the molecule is CCOc1cc(/C=C(\C#N)C(=O)Nc2cccc(Cl)c2C)cc(I)c1OCc1ccccc1. The average Bonchev–Trinajstić information content (AvgIpc) is 2.80. The topological polar surface area (TPSA) is 71.3 Å². The number of amides is 1. The van der Waals surface area contributed by atoms with Crippen molar-refractivity contribution in [2.45, 2.75) is 20.5 Å². The Kier molecular flexibility index (Phi) is 8.75. The highest BCUT2D eigenvalue weighted by Crippen LogP contribution is 2.35. The maximum absolute atomic E-state index is 12.7. The van der Waals surface area contributed by atoms with Crippen LogP contribution < -0.4 is 14.8 Å². The monoisotopic (exact) mass is 572 g/mol. The lowest BCUT2D eigenvalue weighted by Gasteiger charge is -2.15. The Labute approximate surface area is 212 Å². The molecular formula is C26H22ClIN2O3. The van der Waals surface area contributed by atoms with Gasteiger partial charge in [-0.1, -0.05) is 48.0 Å². The van der Waals surface area contributed by atoms with Crippen LogP contribution in [0.2, 0.25) is 5.02 Å². The molecule has 0 aliphatic carbocycles. The van der Waals surface area contributed by atoms with Crippen LogP contribution in [0.5, 0.6) is 11.5 Å². The number of ether oxygens (including phenoxy) is 2. The number of hydrogen-bond acceptors (Lipinski definition) is 4. The van der Waals surface area contributed by atoms with Crippen LogP contribution in [0.3, 0.4) is 0 Å². The fourth-order valence-corrected chi connectivity index (χ4v) is 4.01. The van der Waals surface area contributed by atoms with Gasteiger partial charge in [0.25, 0.3) is 5.91 Å². The molecule has 3 aromatic carbocycles. The largest absolute Gasteiger partial charge is 0.490 e. The number of halogens is 2. The second kappa shape index (κ2) is 11.7. The van der Waals surface area contributed by atoms with E-state index in [2.05, 4.69) is 27.9 Å². The van der Waals surface area contributed by atoms with E-state index in [9.17, 15) is 10.1 Å². The van der Waals surface area contributed by atoms with Crippen LogP contribution in [0.1, 0.15) is 23.6 Å². The van der Waals surface area contributed by atoms with Gasteiger partial charge in [0.05, 0.1) is 10.2 Å². The molecule has 0 bridgehead atoms. The number of carbonyl (C=O) groups excluding carboxylic acids is 1. The number of carbonyl (C=O) groups is 1. The summed E-state index contributed by atoms with van der Waals surface area (Å²) in [6.45, 7) is 4.54. The molecule has 0 atom stereocenters. The van der Waals surface area contributed by atoms with Crippen LogP contribution in [0.4, 0.5) is 5.69 Å². The highest BCUT2D eigenvalue weighted by Gasteiger charge is 2.15. The molecule has 0 unspecified atom stereocenters. The first kappa shape index (κ1) is 24.6. The maximum Gasteiger partial charge on any atom is 0.266 e. The van der Waals surface area contributed by atoms with Crippen molar-refractivity contribution in [2.24, 2.45) is 0 Å². The molecule has 0 aromatic heterocycles. The molecule has 3 aromatic rings. The number of nitriles is 1. The molecule has 168 valence electrons. The first-order chi connectivity index (χ1) is 15.9. The Morgan fingerprint density at radius 1 is 1.15 bits per heavy atom. The third-order valence-electron chi connectivity index (χ3n) is 4.75. The Morgan fingerprint density at radius 2 is 1.91 bits per heavy atom. The predicted molar refractivity (Wildman–Crippen MR) is 140 cm³/mol.